The highest BCUT2D eigenvalue weighted by Crippen LogP contribution is 2.23. The minimum Gasteiger partial charge on any atom is -0.462 e. The lowest BCUT2D eigenvalue weighted by Crippen LogP contribution is -2.59. The lowest BCUT2D eigenvalue weighted by molar-refractivity contribution is -0.305. The summed E-state index contributed by atoms with van der Waals surface area (Å²) >= 11 is 0. The van der Waals surface area contributed by atoms with Crippen LogP contribution in [0.4, 0.5) is 0 Å². The van der Waals surface area contributed by atoms with Crippen molar-refractivity contribution in [1.82, 2.24) is 0 Å². The van der Waals surface area contributed by atoms with Gasteiger partial charge >= 0.3 is 11.9 Å². The second-order valence-electron chi connectivity index (χ2n) is 16.6. The number of unbranched alkanes of at least 4 members (excludes halogenated alkanes) is 23. The van der Waals surface area contributed by atoms with Crippen molar-refractivity contribution < 1.29 is 49.0 Å². The molecule has 6 atom stereocenters. The van der Waals surface area contributed by atoms with E-state index in [1.807, 2.05) is 0 Å². The van der Waals surface area contributed by atoms with Gasteiger partial charge < -0.3 is 39.4 Å². The highest BCUT2D eigenvalue weighted by molar-refractivity contribution is 5.70. The molecule has 0 radical (unpaired) electrons. The summed E-state index contributed by atoms with van der Waals surface area (Å²) < 4.78 is 22.2. The van der Waals surface area contributed by atoms with Crippen molar-refractivity contribution in [2.45, 2.75) is 243 Å². The molecule has 0 aromatic heterocycles. The van der Waals surface area contributed by atoms with E-state index in [4.69, 9.17) is 18.9 Å². The first-order valence-electron chi connectivity index (χ1n) is 24.1. The van der Waals surface area contributed by atoms with Gasteiger partial charge in [-0.2, -0.15) is 0 Å². The number of hydrogen-bond acceptors (Lipinski definition) is 10. The average Bonchev–Trinajstić information content (AvgIpc) is 3.23. The van der Waals surface area contributed by atoms with Crippen LogP contribution < -0.4 is 0 Å². The van der Waals surface area contributed by atoms with Gasteiger partial charge in [0.1, 0.15) is 31.0 Å². The van der Waals surface area contributed by atoms with Crippen LogP contribution in [0.25, 0.3) is 0 Å². The number of ether oxygens (including phenoxy) is 4. The molecule has 0 aromatic rings. The Hall–Kier alpha value is -2.08. The van der Waals surface area contributed by atoms with E-state index < -0.39 is 49.4 Å². The van der Waals surface area contributed by atoms with Gasteiger partial charge in [-0.15, -0.1) is 0 Å². The van der Waals surface area contributed by atoms with E-state index in [1.165, 1.54) is 109 Å². The van der Waals surface area contributed by atoms with Crippen LogP contribution in [0.1, 0.15) is 206 Å². The van der Waals surface area contributed by atoms with Gasteiger partial charge in [0.15, 0.2) is 12.4 Å². The molecule has 344 valence electrons. The van der Waals surface area contributed by atoms with Gasteiger partial charge in [0, 0.05) is 12.8 Å². The van der Waals surface area contributed by atoms with Crippen molar-refractivity contribution in [2.75, 3.05) is 19.8 Å². The maximum Gasteiger partial charge on any atom is 0.306 e. The van der Waals surface area contributed by atoms with Gasteiger partial charge in [-0.3, -0.25) is 9.59 Å². The van der Waals surface area contributed by atoms with Crippen LogP contribution in [0, 0.1) is 0 Å². The van der Waals surface area contributed by atoms with Crippen molar-refractivity contribution in [2.24, 2.45) is 0 Å². The second-order valence-corrected chi connectivity index (χ2v) is 16.6. The minimum atomic E-state index is -1.60. The Morgan fingerprint density at radius 3 is 1.47 bits per heavy atom. The van der Waals surface area contributed by atoms with E-state index in [1.54, 1.807) is 0 Å². The normalized spacial score (nSPS) is 20.3. The number of allylic oxidation sites excluding steroid dienone is 6. The third-order valence-electron chi connectivity index (χ3n) is 11.0. The van der Waals surface area contributed by atoms with E-state index in [0.717, 1.165) is 64.2 Å². The number of rotatable bonds is 40. The fourth-order valence-electron chi connectivity index (χ4n) is 7.15. The van der Waals surface area contributed by atoms with E-state index in [-0.39, 0.29) is 32.0 Å². The number of esters is 2. The molecule has 0 bridgehead atoms. The summed E-state index contributed by atoms with van der Waals surface area (Å²) in [5.74, 6) is -0.826. The zero-order valence-corrected chi connectivity index (χ0v) is 37.5. The third kappa shape index (κ3) is 31.4. The van der Waals surface area contributed by atoms with Crippen molar-refractivity contribution in [1.29, 1.82) is 0 Å². The van der Waals surface area contributed by atoms with Crippen LogP contribution in [0.5, 0.6) is 0 Å². The first kappa shape index (κ1) is 54.9. The molecule has 59 heavy (non-hydrogen) atoms. The van der Waals surface area contributed by atoms with E-state index in [9.17, 15) is 30.0 Å². The molecular formula is C49H88O10. The molecule has 0 saturated carbocycles. The molecule has 1 rings (SSSR count). The third-order valence-corrected chi connectivity index (χ3v) is 11.0. The molecule has 0 aliphatic carbocycles. The van der Waals surface area contributed by atoms with Crippen molar-refractivity contribution in [3.05, 3.63) is 36.5 Å². The van der Waals surface area contributed by atoms with Gasteiger partial charge in [0.2, 0.25) is 0 Å². The Balaban J connectivity index is 2.30. The predicted octanol–water partition coefficient (Wildman–Crippen LogP) is 10.7. The average molecular weight is 837 g/mol. The number of aliphatic hydroxyl groups is 4. The molecule has 1 fully saturated rings. The molecule has 0 amide bonds. The maximum atomic E-state index is 12.8. The molecule has 1 aliphatic rings. The summed E-state index contributed by atoms with van der Waals surface area (Å²) in [5.41, 5.74) is 0. The van der Waals surface area contributed by atoms with Crippen LogP contribution in [0.15, 0.2) is 36.5 Å². The summed E-state index contributed by atoms with van der Waals surface area (Å²) in [5, 5.41) is 40.1. The first-order valence-corrected chi connectivity index (χ1v) is 24.1. The van der Waals surface area contributed by atoms with Gasteiger partial charge in [-0.25, -0.2) is 0 Å². The fraction of sp³-hybridized carbons (Fsp3) is 0.837. The van der Waals surface area contributed by atoms with Crippen LogP contribution in [0.2, 0.25) is 0 Å². The lowest BCUT2D eigenvalue weighted by atomic mass is 9.99. The minimum absolute atomic E-state index is 0.209. The smallest absolute Gasteiger partial charge is 0.306 e. The van der Waals surface area contributed by atoms with Gasteiger partial charge in [0.25, 0.3) is 0 Å². The maximum absolute atomic E-state index is 12.8. The topological polar surface area (TPSA) is 152 Å². The zero-order valence-electron chi connectivity index (χ0n) is 37.5. The monoisotopic (exact) mass is 837 g/mol. The summed E-state index contributed by atoms with van der Waals surface area (Å²) in [6, 6.07) is 0. The summed E-state index contributed by atoms with van der Waals surface area (Å²) in [6.45, 7) is 3.39. The summed E-state index contributed by atoms with van der Waals surface area (Å²) in [6.07, 6.45) is 38.6. The zero-order chi connectivity index (χ0) is 43.0. The molecule has 4 N–H and O–H groups in total. The number of carbonyl (C=O) groups is 2. The van der Waals surface area contributed by atoms with E-state index in [2.05, 4.69) is 50.3 Å². The quantitative estimate of drug-likeness (QED) is 0.0267. The van der Waals surface area contributed by atoms with Gasteiger partial charge in [-0.05, 0) is 70.6 Å². The van der Waals surface area contributed by atoms with Crippen molar-refractivity contribution >= 4 is 11.9 Å². The Bertz CT molecular complexity index is 1060. The fourth-order valence-corrected chi connectivity index (χ4v) is 7.15. The van der Waals surface area contributed by atoms with Crippen molar-refractivity contribution in [3.8, 4) is 0 Å². The SMILES string of the molecule is CCCCC/C=C/C/C=C/CCCCCCCCCCCC(=O)OC[C@@H](CO[C@H]1O[C@@H](CO)[C@@H](O)C(O)C1O)OC(=O)CCCCC/C=C/CCCCCCCCCC. The second kappa shape index (κ2) is 40.0. The van der Waals surface area contributed by atoms with Gasteiger partial charge in [-0.1, -0.05) is 159 Å². The largest absolute Gasteiger partial charge is 0.462 e. The molecular weight excluding hydrogens is 749 g/mol. The summed E-state index contributed by atoms with van der Waals surface area (Å²) in [7, 11) is 0. The lowest BCUT2D eigenvalue weighted by Gasteiger charge is -2.39. The molecule has 1 aliphatic heterocycles. The molecule has 10 nitrogen and oxygen atoms in total. The first-order chi connectivity index (χ1) is 28.8. The van der Waals surface area contributed by atoms with Crippen LogP contribution >= 0.6 is 0 Å². The Morgan fingerprint density at radius 1 is 0.525 bits per heavy atom. The Morgan fingerprint density at radius 2 is 0.949 bits per heavy atom. The molecule has 1 heterocycles. The van der Waals surface area contributed by atoms with Crippen LogP contribution in [0.3, 0.4) is 0 Å². The molecule has 0 spiro atoms. The Kier molecular flexibility index (Phi) is 37.3. The highest BCUT2D eigenvalue weighted by Gasteiger charge is 2.44. The molecule has 0 aromatic carbocycles. The van der Waals surface area contributed by atoms with E-state index >= 15 is 0 Å². The number of aliphatic hydroxyl groups excluding tert-OH is 4. The number of hydrogen-bond donors (Lipinski definition) is 4. The predicted molar refractivity (Wildman–Crippen MR) is 238 cm³/mol. The van der Waals surface area contributed by atoms with E-state index in [0.29, 0.717) is 6.42 Å². The Labute approximate surface area is 359 Å². The van der Waals surface area contributed by atoms with Crippen LogP contribution in [-0.2, 0) is 28.5 Å². The van der Waals surface area contributed by atoms with Gasteiger partial charge in [0.05, 0.1) is 13.2 Å². The molecule has 1 saturated heterocycles. The van der Waals surface area contributed by atoms with Crippen molar-refractivity contribution in [3.63, 3.8) is 0 Å². The molecule has 10 heteroatoms. The summed E-state index contributed by atoms with van der Waals surface area (Å²) in [4.78, 5) is 25.4. The standard InChI is InChI=1S/C49H88O10/c1-3-5-7-9-11-13-15-17-19-20-21-22-24-25-27-29-31-33-35-37-44(51)56-40-42(41-57-49-48(55)47(54)46(53)43(39-50)59-49)58-45(52)38-36-34-32-30-28-26-23-18-16-14-12-10-8-6-4-2/h11,13,17,19,26,28,42-43,46-50,53-55H,3-10,12,14-16,18,20-25,27,29-41H2,1-2H3/b13-11+,19-17+,28-26+/t42-,43-,46+,47?,48?,49-/m0/s1. The molecule has 2 unspecified atom stereocenters. The van der Waals surface area contributed by atoms with Crippen LogP contribution in [-0.4, -0.2) is 89.0 Å². The highest BCUT2D eigenvalue weighted by atomic mass is 16.7. The number of carbonyl (C=O) groups excluding carboxylic acids is 2.